The van der Waals surface area contributed by atoms with E-state index in [0.29, 0.717) is 16.5 Å². The molecule has 0 aliphatic heterocycles. The number of halogens is 1. The van der Waals surface area contributed by atoms with Crippen molar-refractivity contribution < 1.29 is 13.9 Å². The van der Waals surface area contributed by atoms with Gasteiger partial charge in [0, 0.05) is 11.3 Å². The maximum absolute atomic E-state index is 13.2. The zero-order valence-electron chi connectivity index (χ0n) is 19.4. The first-order valence-electron chi connectivity index (χ1n) is 11.0. The molecule has 0 atom stereocenters. The molecule has 174 valence electrons. The molecule has 0 aliphatic rings. The van der Waals surface area contributed by atoms with Crippen molar-refractivity contribution >= 4 is 17.5 Å². The third-order valence-electron chi connectivity index (χ3n) is 5.30. The minimum absolute atomic E-state index is 0.0729. The van der Waals surface area contributed by atoms with Crippen molar-refractivity contribution in [2.75, 3.05) is 5.75 Å². The van der Waals surface area contributed by atoms with Crippen LogP contribution in [-0.4, -0.2) is 26.3 Å². The van der Waals surface area contributed by atoms with Gasteiger partial charge in [0.05, 0.1) is 5.75 Å². The summed E-state index contributed by atoms with van der Waals surface area (Å²) in [5.74, 6) is 1.06. The molecule has 0 aliphatic carbocycles. The van der Waals surface area contributed by atoms with Gasteiger partial charge in [-0.05, 0) is 59.5 Å². The van der Waals surface area contributed by atoms with Crippen molar-refractivity contribution in [3.63, 3.8) is 0 Å². The minimum Gasteiger partial charge on any atom is -0.486 e. The zero-order chi connectivity index (χ0) is 24.1. The molecule has 3 aromatic carbocycles. The van der Waals surface area contributed by atoms with E-state index in [4.69, 9.17) is 4.74 Å². The number of nitrogens with zero attached hydrogens (tertiary/aromatic N) is 3. The normalized spacial score (nSPS) is 11.4. The van der Waals surface area contributed by atoms with E-state index in [1.807, 2.05) is 47.0 Å². The molecule has 0 saturated carbocycles. The number of hydrogen-bond donors (Lipinski definition) is 0. The van der Waals surface area contributed by atoms with Gasteiger partial charge in [-0.1, -0.05) is 62.9 Å². The Bertz CT molecular complexity index is 1250. The quantitative estimate of drug-likeness (QED) is 0.222. The predicted molar refractivity (Wildman–Crippen MR) is 132 cm³/mol. The summed E-state index contributed by atoms with van der Waals surface area (Å²) in [5, 5.41) is 9.23. The number of thioether (sulfide) groups is 1. The van der Waals surface area contributed by atoms with E-state index in [1.54, 1.807) is 0 Å². The molecule has 1 heterocycles. The first-order chi connectivity index (χ1) is 16.3. The number of para-hydroxylation sites is 1. The van der Waals surface area contributed by atoms with Crippen LogP contribution >= 0.6 is 11.8 Å². The second kappa shape index (κ2) is 10.2. The largest absolute Gasteiger partial charge is 0.486 e. The lowest BCUT2D eigenvalue weighted by Gasteiger charge is -2.19. The number of ether oxygens (including phenoxy) is 1. The number of hydrogen-bond acceptors (Lipinski definition) is 5. The molecule has 4 aromatic rings. The Kier molecular flexibility index (Phi) is 7.12. The number of carbonyl (C=O) groups is 1. The van der Waals surface area contributed by atoms with E-state index in [0.717, 1.165) is 11.4 Å². The number of benzene rings is 3. The van der Waals surface area contributed by atoms with Crippen molar-refractivity contribution in [2.45, 2.75) is 37.9 Å². The SMILES string of the molecule is CC(C)(C)c1ccc(OCc2nnc(SCC(=O)c3ccc(F)cc3)n2-c2ccccc2)cc1. The summed E-state index contributed by atoms with van der Waals surface area (Å²) < 4.78 is 21.1. The molecule has 0 unspecified atom stereocenters. The maximum Gasteiger partial charge on any atom is 0.196 e. The van der Waals surface area contributed by atoms with Crippen LogP contribution in [0.4, 0.5) is 4.39 Å². The highest BCUT2D eigenvalue weighted by molar-refractivity contribution is 7.99. The third kappa shape index (κ3) is 5.72. The molecule has 4 rings (SSSR count). The lowest BCUT2D eigenvalue weighted by atomic mass is 9.87. The van der Waals surface area contributed by atoms with Gasteiger partial charge in [0.15, 0.2) is 16.8 Å². The summed E-state index contributed by atoms with van der Waals surface area (Å²) >= 11 is 1.29. The molecule has 34 heavy (non-hydrogen) atoms. The summed E-state index contributed by atoms with van der Waals surface area (Å²) in [5.41, 5.74) is 2.65. The first kappa shape index (κ1) is 23.7. The molecule has 7 heteroatoms. The topological polar surface area (TPSA) is 57.0 Å². The van der Waals surface area contributed by atoms with Gasteiger partial charge in [-0.25, -0.2) is 4.39 Å². The third-order valence-corrected chi connectivity index (χ3v) is 6.23. The van der Waals surface area contributed by atoms with Crippen LogP contribution in [0.1, 0.15) is 42.5 Å². The molecule has 0 amide bonds. The summed E-state index contributed by atoms with van der Waals surface area (Å²) in [6, 6.07) is 23.3. The summed E-state index contributed by atoms with van der Waals surface area (Å²) in [6.07, 6.45) is 0. The predicted octanol–water partition coefficient (Wildman–Crippen LogP) is 6.26. The van der Waals surface area contributed by atoms with Gasteiger partial charge in [0.2, 0.25) is 0 Å². The van der Waals surface area contributed by atoms with E-state index < -0.39 is 0 Å². The summed E-state index contributed by atoms with van der Waals surface area (Å²) in [4.78, 5) is 12.6. The standard InChI is InChI=1S/C27H26FN3O2S/c1-27(2,3)20-11-15-23(16-12-20)33-17-25-29-30-26(31(25)22-7-5-4-6-8-22)34-18-24(32)19-9-13-21(28)14-10-19/h4-16H,17-18H2,1-3H3. The van der Waals surface area contributed by atoms with Crippen molar-refractivity contribution in [1.29, 1.82) is 0 Å². The Morgan fingerprint density at radius 2 is 1.62 bits per heavy atom. The fraction of sp³-hybridized carbons (Fsp3) is 0.222. The van der Waals surface area contributed by atoms with E-state index in [-0.39, 0.29) is 29.4 Å². The zero-order valence-corrected chi connectivity index (χ0v) is 20.2. The minimum atomic E-state index is -0.370. The maximum atomic E-state index is 13.2. The molecule has 5 nitrogen and oxygen atoms in total. The molecule has 0 spiro atoms. The van der Waals surface area contributed by atoms with Crippen LogP contribution < -0.4 is 4.74 Å². The van der Waals surface area contributed by atoms with E-state index in [2.05, 4.69) is 43.1 Å². The molecular formula is C27H26FN3O2S. The highest BCUT2D eigenvalue weighted by Gasteiger charge is 2.18. The number of Topliss-reactive ketones (excluding diaryl/α,β-unsaturated/α-hetero) is 1. The van der Waals surface area contributed by atoms with Crippen molar-refractivity contribution in [3.05, 3.63) is 102 Å². The van der Waals surface area contributed by atoms with E-state index in [9.17, 15) is 9.18 Å². The van der Waals surface area contributed by atoms with Crippen LogP contribution in [0.3, 0.4) is 0 Å². The highest BCUT2D eigenvalue weighted by atomic mass is 32.2. The van der Waals surface area contributed by atoms with E-state index in [1.165, 1.54) is 41.6 Å². The molecule has 0 fully saturated rings. The summed E-state index contributed by atoms with van der Waals surface area (Å²) in [6.45, 7) is 6.74. The Morgan fingerprint density at radius 1 is 0.941 bits per heavy atom. The van der Waals surface area contributed by atoms with Crippen LogP contribution in [0.25, 0.3) is 5.69 Å². The number of carbonyl (C=O) groups excluding carboxylic acids is 1. The lowest BCUT2D eigenvalue weighted by Crippen LogP contribution is -2.11. The van der Waals surface area contributed by atoms with Crippen molar-refractivity contribution in [1.82, 2.24) is 14.8 Å². The van der Waals surface area contributed by atoms with Crippen LogP contribution in [0.15, 0.2) is 84.0 Å². The second-order valence-electron chi connectivity index (χ2n) is 8.85. The Labute approximate surface area is 203 Å². The van der Waals surface area contributed by atoms with Crippen LogP contribution in [0.5, 0.6) is 5.75 Å². The van der Waals surface area contributed by atoms with Gasteiger partial charge in [-0.2, -0.15) is 0 Å². The second-order valence-corrected chi connectivity index (χ2v) is 9.79. The smallest absolute Gasteiger partial charge is 0.196 e. The number of aromatic nitrogens is 3. The van der Waals surface area contributed by atoms with Crippen LogP contribution in [0, 0.1) is 5.82 Å². The Morgan fingerprint density at radius 3 is 2.26 bits per heavy atom. The van der Waals surface area contributed by atoms with Crippen molar-refractivity contribution in [2.24, 2.45) is 0 Å². The van der Waals surface area contributed by atoms with Crippen LogP contribution in [-0.2, 0) is 12.0 Å². The average molecular weight is 476 g/mol. The van der Waals surface area contributed by atoms with Gasteiger partial charge in [-0.15, -0.1) is 10.2 Å². The molecule has 1 aromatic heterocycles. The van der Waals surface area contributed by atoms with Gasteiger partial charge < -0.3 is 4.74 Å². The highest BCUT2D eigenvalue weighted by Crippen LogP contribution is 2.26. The van der Waals surface area contributed by atoms with Crippen LogP contribution in [0.2, 0.25) is 0 Å². The Hall–Kier alpha value is -3.45. The van der Waals surface area contributed by atoms with Gasteiger partial charge >= 0.3 is 0 Å². The molecular weight excluding hydrogens is 449 g/mol. The van der Waals surface area contributed by atoms with Crippen molar-refractivity contribution in [3.8, 4) is 11.4 Å². The molecule has 0 N–H and O–H groups in total. The number of ketones is 1. The lowest BCUT2D eigenvalue weighted by molar-refractivity contribution is 0.102. The Balaban J connectivity index is 1.51. The van der Waals surface area contributed by atoms with E-state index >= 15 is 0 Å². The summed E-state index contributed by atoms with van der Waals surface area (Å²) in [7, 11) is 0. The average Bonchev–Trinajstić information content (AvgIpc) is 3.24. The monoisotopic (exact) mass is 475 g/mol. The van der Waals surface area contributed by atoms with Gasteiger partial charge in [0.1, 0.15) is 18.2 Å². The fourth-order valence-corrected chi connectivity index (χ4v) is 4.24. The molecule has 0 radical (unpaired) electrons. The van der Waals surface area contributed by atoms with Gasteiger partial charge in [0.25, 0.3) is 0 Å². The molecule has 0 saturated heterocycles. The number of rotatable bonds is 8. The fourth-order valence-electron chi connectivity index (χ4n) is 3.37. The first-order valence-corrected chi connectivity index (χ1v) is 11.9. The molecule has 0 bridgehead atoms. The van der Waals surface area contributed by atoms with Gasteiger partial charge in [-0.3, -0.25) is 9.36 Å².